The molecule has 0 saturated heterocycles. The van der Waals surface area contributed by atoms with Crippen LogP contribution in [0.2, 0.25) is 5.28 Å². The number of amides is 1. The van der Waals surface area contributed by atoms with Crippen LogP contribution in [0, 0.1) is 6.92 Å². The Morgan fingerprint density at radius 2 is 2.17 bits per heavy atom. The number of carbonyl (C=O) groups excluding carboxylic acids is 1. The average molecular weight is 264 g/mol. The van der Waals surface area contributed by atoms with Crippen LogP contribution in [0.1, 0.15) is 16.1 Å². The summed E-state index contributed by atoms with van der Waals surface area (Å²) in [6, 6.07) is 6.14. The number of halogens is 1. The standard InChI is InChI=1S/C12H10ClN3O2/c1-7-6-8(17)2-3-9(7)15-11(18)10-4-5-14-12(13)16-10/h2-6,17H,1H3,(H,15,18). The van der Waals surface area contributed by atoms with Gasteiger partial charge in [-0.25, -0.2) is 9.97 Å². The smallest absolute Gasteiger partial charge is 0.274 e. The lowest BCUT2D eigenvalue weighted by atomic mass is 10.2. The predicted molar refractivity (Wildman–Crippen MR) is 67.8 cm³/mol. The number of aromatic hydroxyl groups is 1. The van der Waals surface area contributed by atoms with Crippen LogP contribution in [-0.2, 0) is 0 Å². The van der Waals surface area contributed by atoms with E-state index in [0.717, 1.165) is 5.56 Å². The molecule has 0 spiro atoms. The van der Waals surface area contributed by atoms with Gasteiger partial charge in [-0.05, 0) is 48.4 Å². The largest absolute Gasteiger partial charge is 0.508 e. The summed E-state index contributed by atoms with van der Waals surface area (Å²) in [5.74, 6) is -0.233. The van der Waals surface area contributed by atoms with Crippen LogP contribution in [0.3, 0.4) is 0 Å². The van der Waals surface area contributed by atoms with Crippen molar-refractivity contribution >= 4 is 23.2 Å². The monoisotopic (exact) mass is 263 g/mol. The summed E-state index contributed by atoms with van der Waals surface area (Å²) >= 11 is 5.61. The molecule has 0 aliphatic heterocycles. The number of aromatic nitrogens is 2. The molecular formula is C12H10ClN3O2. The number of benzene rings is 1. The van der Waals surface area contributed by atoms with Crippen molar-refractivity contribution in [1.82, 2.24) is 9.97 Å². The molecule has 2 N–H and O–H groups in total. The fraction of sp³-hybridized carbons (Fsp3) is 0.0833. The number of anilines is 1. The van der Waals surface area contributed by atoms with E-state index < -0.39 is 0 Å². The molecular weight excluding hydrogens is 254 g/mol. The van der Waals surface area contributed by atoms with Gasteiger partial charge < -0.3 is 10.4 Å². The molecule has 0 bridgehead atoms. The van der Waals surface area contributed by atoms with E-state index in [4.69, 9.17) is 11.6 Å². The maximum Gasteiger partial charge on any atom is 0.274 e. The van der Waals surface area contributed by atoms with Crippen molar-refractivity contribution in [3.05, 3.63) is 47.0 Å². The molecule has 5 nitrogen and oxygen atoms in total. The molecule has 1 aromatic heterocycles. The number of rotatable bonds is 2. The molecule has 6 heteroatoms. The van der Waals surface area contributed by atoms with Crippen molar-refractivity contribution < 1.29 is 9.90 Å². The summed E-state index contributed by atoms with van der Waals surface area (Å²) < 4.78 is 0. The summed E-state index contributed by atoms with van der Waals surface area (Å²) in [6.45, 7) is 1.78. The van der Waals surface area contributed by atoms with Gasteiger partial charge in [-0.3, -0.25) is 4.79 Å². The Hall–Kier alpha value is -2.14. The fourth-order valence-electron chi connectivity index (χ4n) is 1.44. The molecule has 0 fully saturated rings. The van der Waals surface area contributed by atoms with Crippen LogP contribution in [0.25, 0.3) is 0 Å². The fourth-order valence-corrected chi connectivity index (χ4v) is 1.58. The Morgan fingerprint density at radius 1 is 1.39 bits per heavy atom. The van der Waals surface area contributed by atoms with Gasteiger partial charge in [0.05, 0.1) is 0 Å². The van der Waals surface area contributed by atoms with E-state index in [1.54, 1.807) is 19.1 Å². The van der Waals surface area contributed by atoms with Crippen molar-refractivity contribution in [3.8, 4) is 5.75 Å². The van der Waals surface area contributed by atoms with Crippen LogP contribution >= 0.6 is 11.6 Å². The molecule has 2 aromatic rings. The highest BCUT2D eigenvalue weighted by molar-refractivity contribution is 6.28. The lowest BCUT2D eigenvalue weighted by Crippen LogP contribution is -2.14. The number of carbonyl (C=O) groups is 1. The Labute approximate surface area is 108 Å². The highest BCUT2D eigenvalue weighted by atomic mass is 35.5. The molecule has 0 radical (unpaired) electrons. The van der Waals surface area contributed by atoms with Crippen molar-refractivity contribution in [3.63, 3.8) is 0 Å². The van der Waals surface area contributed by atoms with E-state index in [1.807, 2.05) is 0 Å². The summed E-state index contributed by atoms with van der Waals surface area (Å²) in [7, 11) is 0. The molecule has 0 atom stereocenters. The summed E-state index contributed by atoms with van der Waals surface area (Å²) in [4.78, 5) is 19.4. The quantitative estimate of drug-likeness (QED) is 0.644. The van der Waals surface area contributed by atoms with E-state index in [-0.39, 0.29) is 22.6 Å². The molecule has 18 heavy (non-hydrogen) atoms. The summed E-state index contributed by atoms with van der Waals surface area (Å²) in [6.07, 6.45) is 1.41. The molecule has 92 valence electrons. The van der Waals surface area contributed by atoms with Crippen LogP contribution in [0.4, 0.5) is 5.69 Å². The maximum absolute atomic E-state index is 11.9. The second-order valence-corrected chi connectivity index (χ2v) is 4.00. The van der Waals surface area contributed by atoms with Gasteiger partial charge in [-0.2, -0.15) is 0 Å². The maximum atomic E-state index is 11.9. The van der Waals surface area contributed by atoms with Gasteiger partial charge in [0.25, 0.3) is 5.91 Å². The third-order valence-corrected chi connectivity index (χ3v) is 2.50. The summed E-state index contributed by atoms with van der Waals surface area (Å²) in [5.41, 5.74) is 1.54. The zero-order chi connectivity index (χ0) is 13.1. The normalized spacial score (nSPS) is 10.1. The lowest BCUT2D eigenvalue weighted by Gasteiger charge is -2.08. The first-order valence-electron chi connectivity index (χ1n) is 5.16. The predicted octanol–water partition coefficient (Wildman–Crippen LogP) is 2.40. The molecule has 0 aliphatic rings. The third-order valence-electron chi connectivity index (χ3n) is 2.32. The van der Waals surface area contributed by atoms with Gasteiger partial charge in [0.2, 0.25) is 5.28 Å². The topological polar surface area (TPSA) is 75.1 Å². The highest BCUT2D eigenvalue weighted by Crippen LogP contribution is 2.20. The van der Waals surface area contributed by atoms with E-state index in [9.17, 15) is 9.90 Å². The minimum Gasteiger partial charge on any atom is -0.508 e. The molecule has 1 amide bonds. The number of hydrogen-bond acceptors (Lipinski definition) is 4. The van der Waals surface area contributed by atoms with E-state index in [0.29, 0.717) is 5.69 Å². The molecule has 1 aromatic carbocycles. The van der Waals surface area contributed by atoms with Crippen LogP contribution < -0.4 is 5.32 Å². The Morgan fingerprint density at radius 3 is 2.83 bits per heavy atom. The van der Waals surface area contributed by atoms with Crippen LogP contribution in [-0.4, -0.2) is 21.0 Å². The van der Waals surface area contributed by atoms with Gasteiger partial charge in [0.15, 0.2) is 0 Å². The van der Waals surface area contributed by atoms with Gasteiger partial charge in [-0.1, -0.05) is 0 Å². The van der Waals surface area contributed by atoms with Gasteiger partial charge in [-0.15, -0.1) is 0 Å². The minimum atomic E-state index is -0.381. The van der Waals surface area contributed by atoms with Crippen LogP contribution in [0.5, 0.6) is 5.75 Å². The first-order chi connectivity index (χ1) is 8.56. The van der Waals surface area contributed by atoms with E-state index in [1.165, 1.54) is 18.3 Å². The van der Waals surface area contributed by atoms with Gasteiger partial charge in [0.1, 0.15) is 11.4 Å². The molecule has 2 rings (SSSR count). The number of nitrogens with one attached hydrogen (secondary N) is 1. The van der Waals surface area contributed by atoms with Crippen molar-refractivity contribution in [2.24, 2.45) is 0 Å². The molecule has 0 aliphatic carbocycles. The first kappa shape index (κ1) is 12.3. The number of phenols is 1. The summed E-state index contributed by atoms with van der Waals surface area (Å²) in [5, 5.41) is 12.0. The number of aryl methyl sites for hydroxylation is 1. The second kappa shape index (κ2) is 5.01. The van der Waals surface area contributed by atoms with Crippen molar-refractivity contribution in [2.45, 2.75) is 6.92 Å². The molecule has 0 saturated carbocycles. The molecule has 0 unspecified atom stereocenters. The SMILES string of the molecule is Cc1cc(O)ccc1NC(=O)c1ccnc(Cl)n1. The zero-order valence-electron chi connectivity index (χ0n) is 9.51. The third kappa shape index (κ3) is 2.75. The van der Waals surface area contributed by atoms with Crippen LogP contribution in [0.15, 0.2) is 30.5 Å². The Balaban J connectivity index is 2.21. The Kier molecular flexibility index (Phi) is 3.43. The zero-order valence-corrected chi connectivity index (χ0v) is 10.3. The number of nitrogens with zero attached hydrogens (tertiary/aromatic N) is 2. The average Bonchev–Trinajstić information content (AvgIpc) is 2.32. The lowest BCUT2D eigenvalue weighted by molar-refractivity contribution is 0.102. The van der Waals surface area contributed by atoms with Gasteiger partial charge >= 0.3 is 0 Å². The van der Waals surface area contributed by atoms with Crippen molar-refractivity contribution in [1.29, 1.82) is 0 Å². The minimum absolute atomic E-state index is 0.0186. The molecule has 1 heterocycles. The number of hydrogen-bond donors (Lipinski definition) is 2. The second-order valence-electron chi connectivity index (χ2n) is 3.66. The van der Waals surface area contributed by atoms with E-state index in [2.05, 4.69) is 15.3 Å². The highest BCUT2D eigenvalue weighted by Gasteiger charge is 2.10. The Bertz CT molecular complexity index is 602. The van der Waals surface area contributed by atoms with E-state index >= 15 is 0 Å². The first-order valence-corrected chi connectivity index (χ1v) is 5.53. The van der Waals surface area contributed by atoms with Crippen molar-refractivity contribution in [2.75, 3.05) is 5.32 Å². The van der Waals surface area contributed by atoms with Gasteiger partial charge in [0, 0.05) is 11.9 Å². The number of phenolic OH excluding ortho intramolecular Hbond substituents is 1.